The van der Waals surface area contributed by atoms with E-state index in [1.54, 1.807) is 6.20 Å². The first-order chi connectivity index (χ1) is 7.29. The van der Waals surface area contributed by atoms with E-state index >= 15 is 0 Å². The fraction of sp³-hybridized carbons (Fsp3) is 0.583. The lowest BCUT2D eigenvalue weighted by Gasteiger charge is -2.18. The Kier molecular flexibility index (Phi) is 2.04. The second-order valence-corrected chi connectivity index (χ2v) is 4.58. The fourth-order valence-corrected chi connectivity index (χ4v) is 2.32. The fourth-order valence-electron chi connectivity index (χ4n) is 2.32. The van der Waals surface area contributed by atoms with Crippen LogP contribution in [0.1, 0.15) is 37.5 Å². The summed E-state index contributed by atoms with van der Waals surface area (Å²) in [7, 11) is 0. The Labute approximate surface area is 89.1 Å². The molecule has 1 spiro atoms. The van der Waals surface area contributed by atoms with Crippen molar-refractivity contribution in [3.63, 3.8) is 0 Å². The van der Waals surface area contributed by atoms with Crippen molar-refractivity contribution in [2.75, 3.05) is 0 Å². The van der Waals surface area contributed by atoms with Crippen molar-refractivity contribution in [2.45, 2.75) is 43.5 Å². The number of aliphatic hydroxyl groups is 1. The van der Waals surface area contributed by atoms with Gasteiger partial charge in [-0.05, 0) is 37.8 Å². The van der Waals surface area contributed by atoms with Crippen LogP contribution in [0.4, 0.5) is 0 Å². The number of nitrogens with zero attached hydrogens (tertiary/aromatic N) is 1. The van der Waals surface area contributed by atoms with Crippen LogP contribution in [0, 0.1) is 0 Å². The molecule has 3 rings (SSSR count). The topological polar surface area (TPSA) is 42.4 Å². The number of aliphatic hydroxyl groups excluding tert-OH is 1. The molecule has 1 aliphatic carbocycles. The SMILES string of the molecule is O[C@H](c1ccccn1)C1CCC2(CC2)O1. The Morgan fingerprint density at radius 2 is 2.27 bits per heavy atom. The van der Waals surface area contributed by atoms with Gasteiger partial charge >= 0.3 is 0 Å². The molecule has 0 amide bonds. The molecule has 0 aromatic carbocycles. The van der Waals surface area contributed by atoms with Gasteiger partial charge in [-0.2, -0.15) is 0 Å². The summed E-state index contributed by atoms with van der Waals surface area (Å²) in [5.41, 5.74) is 0.862. The lowest BCUT2D eigenvalue weighted by atomic mass is 10.1. The maximum Gasteiger partial charge on any atom is 0.122 e. The Morgan fingerprint density at radius 3 is 2.87 bits per heavy atom. The summed E-state index contributed by atoms with van der Waals surface area (Å²) in [5.74, 6) is 0. The van der Waals surface area contributed by atoms with Crippen LogP contribution in [0.2, 0.25) is 0 Å². The molecule has 80 valence electrons. The van der Waals surface area contributed by atoms with Crippen LogP contribution in [-0.2, 0) is 4.74 Å². The highest BCUT2D eigenvalue weighted by molar-refractivity contribution is 5.11. The molecular formula is C12H15NO2. The summed E-state index contributed by atoms with van der Waals surface area (Å²) in [4.78, 5) is 4.16. The van der Waals surface area contributed by atoms with E-state index in [1.807, 2.05) is 18.2 Å². The molecule has 1 aliphatic heterocycles. The van der Waals surface area contributed by atoms with Crippen LogP contribution in [0.25, 0.3) is 0 Å². The monoisotopic (exact) mass is 205 g/mol. The largest absolute Gasteiger partial charge is 0.384 e. The minimum atomic E-state index is -0.564. The molecule has 2 atom stereocenters. The normalized spacial score (nSPS) is 29.3. The average molecular weight is 205 g/mol. The molecule has 1 aromatic heterocycles. The smallest absolute Gasteiger partial charge is 0.122 e. The van der Waals surface area contributed by atoms with Gasteiger partial charge in [0.05, 0.1) is 17.4 Å². The van der Waals surface area contributed by atoms with Gasteiger partial charge in [0, 0.05) is 6.20 Å². The molecular weight excluding hydrogens is 190 g/mol. The Morgan fingerprint density at radius 1 is 1.40 bits per heavy atom. The van der Waals surface area contributed by atoms with Gasteiger partial charge in [-0.3, -0.25) is 4.98 Å². The number of ether oxygens (including phenoxy) is 1. The molecule has 1 aromatic rings. The molecule has 1 unspecified atom stereocenters. The molecule has 1 saturated heterocycles. The summed E-state index contributed by atoms with van der Waals surface area (Å²) < 4.78 is 5.89. The van der Waals surface area contributed by atoms with E-state index in [0.29, 0.717) is 0 Å². The molecule has 15 heavy (non-hydrogen) atoms. The minimum absolute atomic E-state index is 0.0533. The zero-order chi connectivity index (χ0) is 10.3. The predicted octanol–water partition coefficient (Wildman–Crippen LogP) is 1.83. The first-order valence-electron chi connectivity index (χ1n) is 5.56. The van der Waals surface area contributed by atoms with Crippen LogP contribution < -0.4 is 0 Å². The number of aromatic nitrogens is 1. The van der Waals surface area contributed by atoms with Crippen LogP contribution in [0.3, 0.4) is 0 Å². The number of hydrogen-bond donors (Lipinski definition) is 1. The summed E-state index contributed by atoms with van der Waals surface area (Å²) in [6.07, 6.45) is 5.48. The highest BCUT2D eigenvalue weighted by atomic mass is 16.5. The summed E-state index contributed by atoms with van der Waals surface area (Å²) in [5, 5.41) is 10.1. The first kappa shape index (κ1) is 9.31. The summed E-state index contributed by atoms with van der Waals surface area (Å²) >= 11 is 0. The second-order valence-electron chi connectivity index (χ2n) is 4.58. The third-order valence-corrected chi connectivity index (χ3v) is 3.44. The van der Waals surface area contributed by atoms with E-state index in [4.69, 9.17) is 4.74 Å². The van der Waals surface area contributed by atoms with Crippen molar-refractivity contribution in [1.82, 2.24) is 4.98 Å². The van der Waals surface area contributed by atoms with Crippen LogP contribution in [0.15, 0.2) is 24.4 Å². The lowest BCUT2D eigenvalue weighted by molar-refractivity contribution is -0.0472. The third-order valence-electron chi connectivity index (χ3n) is 3.44. The van der Waals surface area contributed by atoms with Gasteiger partial charge in [0.2, 0.25) is 0 Å². The van der Waals surface area contributed by atoms with Crippen LogP contribution in [0.5, 0.6) is 0 Å². The van der Waals surface area contributed by atoms with Gasteiger partial charge in [0.25, 0.3) is 0 Å². The molecule has 0 bridgehead atoms. The Balaban J connectivity index is 1.73. The molecule has 0 radical (unpaired) electrons. The number of rotatable bonds is 2. The molecule has 1 saturated carbocycles. The van der Waals surface area contributed by atoms with E-state index in [9.17, 15) is 5.11 Å². The quantitative estimate of drug-likeness (QED) is 0.800. The highest BCUT2D eigenvalue weighted by Crippen LogP contribution is 2.51. The van der Waals surface area contributed by atoms with Gasteiger partial charge in [-0.15, -0.1) is 0 Å². The van der Waals surface area contributed by atoms with Crippen molar-refractivity contribution < 1.29 is 9.84 Å². The van der Waals surface area contributed by atoms with E-state index in [1.165, 1.54) is 12.8 Å². The van der Waals surface area contributed by atoms with Gasteiger partial charge in [0.1, 0.15) is 6.10 Å². The lowest BCUT2D eigenvalue weighted by Crippen LogP contribution is -2.20. The molecule has 3 heteroatoms. The molecule has 3 nitrogen and oxygen atoms in total. The van der Waals surface area contributed by atoms with Crippen molar-refractivity contribution in [3.8, 4) is 0 Å². The predicted molar refractivity (Wildman–Crippen MR) is 55.3 cm³/mol. The molecule has 2 fully saturated rings. The third kappa shape index (κ3) is 1.66. The van der Waals surface area contributed by atoms with Crippen LogP contribution in [-0.4, -0.2) is 21.8 Å². The van der Waals surface area contributed by atoms with E-state index in [2.05, 4.69) is 4.98 Å². The van der Waals surface area contributed by atoms with Crippen LogP contribution >= 0.6 is 0 Å². The van der Waals surface area contributed by atoms with Gasteiger partial charge in [0.15, 0.2) is 0 Å². The number of hydrogen-bond acceptors (Lipinski definition) is 3. The Hall–Kier alpha value is -0.930. The summed E-state index contributed by atoms with van der Waals surface area (Å²) in [6, 6.07) is 5.60. The zero-order valence-corrected chi connectivity index (χ0v) is 8.60. The Bertz CT molecular complexity index is 348. The average Bonchev–Trinajstić information content (AvgIpc) is 2.90. The summed E-state index contributed by atoms with van der Waals surface area (Å²) in [6.45, 7) is 0. The second kappa shape index (κ2) is 3.29. The van der Waals surface area contributed by atoms with Crippen molar-refractivity contribution in [3.05, 3.63) is 30.1 Å². The minimum Gasteiger partial charge on any atom is -0.384 e. The van der Waals surface area contributed by atoms with Gasteiger partial charge in [-0.1, -0.05) is 6.07 Å². The van der Waals surface area contributed by atoms with Crippen molar-refractivity contribution in [2.24, 2.45) is 0 Å². The van der Waals surface area contributed by atoms with Gasteiger partial charge in [-0.25, -0.2) is 0 Å². The van der Waals surface area contributed by atoms with Gasteiger partial charge < -0.3 is 9.84 Å². The van der Waals surface area contributed by atoms with E-state index < -0.39 is 6.10 Å². The molecule has 1 N–H and O–H groups in total. The maximum atomic E-state index is 10.1. The highest BCUT2D eigenvalue weighted by Gasteiger charge is 2.51. The zero-order valence-electron chi connectivity index (χ0n) is 8.60. The molecule has 2 aliphatic rings. The maximum absolute atomic E-state index is 10.1. The number of pyridine rings is 1. The van der Waals surface area contributed by atoms with E-state index in [0.717, 1.165) is 18.5 Å². The molecule has 2 heterocycles. The van der Waals surface area contributed by atoms with Crippen molar-refractivity contribution >= 4 is 0 Å². The first-order valence-corrected chi connectivity index (χ1v) is 5.56. The van der Waals surface area contributed by atoms with E-state index in [-0.39, 0.29) is 11.7 Å². The standard InChI is InChI=1S/C12H15NO2/c14-11(9-3-1-2-8-13-9)10-4-5-12(15-10)6-7-12/h1-3,8,10-11,14H,4-7H2/t10?,11-/m1/s1. The van der Waals surface area contributed by atoms with Crippen molar-refractivity contribution in [1.29, 1.82) is 0 Å².